The Balaban J connectivity index is 2.62. The van der Waals surface area contributed by atoms with Gasteiger partial charge in [0.1, 0.15) is 0 Å². The van der Waals surface area contributed by atoms with Gasteiger partial charge in [0.15, 0.2) is 0 Å². The number of ether oxygens (including phenoxy) is 1. The SMILES string of the molecule is CCC(N)C(CC(=O)OC)C1CCCCCC1. The molecule has 1 fully saturated rings. The molecule has 100 valence electrons. The Hall–Kier alpha value is -0.570. The lowest BCUT2D eigenvalue weighted by Gasteiger charge is -2.30. The van der Waals surface area contributed by atoms with Crippen LogP contribution in [0.3, 0.4) is 0 Å². The molecule has 2 atom stereocenters. The molecule has 3 heteroatoms. The van der Waals surface area contributed by atoms with Crippen LogP contribution in [0, 0.1) is 11.8 Å². The number of nitrogens with two attached hydrogens (primary N) is 1. The van der Waals surface area contributed by atoms with Gasteiger partial charge in [0.05, 0.1) is 13.5 Å². The summed E-state index contributed by atoms with van der Waals surface area (Å²) in [7, 11) is 1.46. The van der Waals surface area contributed by atoms with Gasteiger partial charge in [-0.15, -0.1) is 0 Å². The van der Waals surface area contributed by atoms with Crippen molar-refractivity contribution in [2.45, 2.75) is 64.3 Å². The van der Waals surface area contributed by atoms with Gasteiger partial charge in [-0.25, -0.2) is 0 Å². The number of carbonyl (C=O) groups excluding carboxylic acids is 1. The van der Waals surface area contributed by atoms with Gasteiger partial charge in [0, 0.05) is 6.04 Å². The van der Waals surface area contributed by atoms with Crippen molar-refractivity contribution in [3.63, 3.8) is 0 Å². The average molecular weight is 241 g/mol. The van der Waals surface area contributed by atoms with Crippen molar-refractivity contribution >= 4 is 5.97 Å². The molecule has 0 aromatic heterocycles. The van der Waals surface area contributed by atoms with Crippen LogP contribution in [0.4, 0.5) is 0 Å². The Labute approximate surface area is 105 Å². The summed E-state index contributed by atoms with van der Waals surface area (Å²) >= 11 is 0. The van der Waals surface area contributed by atoms with E-state index >= 15 is 0 Å². The summed E-state index contributed by atoms with van der Waals surface area (Å²) in [6.45, 7) is 2.10. The summed E-state index contributed by atoms with van der Waals surface area (Å²) in [6.07, 6.45) is 9.15. The number of methoxy groups -OCH3 is 1. The predicted octanol–water partition coefficient (Wildman–Crippen LogP) is 2.87. The van der Waals surface area contributed by atoms with Crippen molar-refractivity contribution < 1.29 is 9.53 Å². The van der Waals surface area contributed by atoms with Crippen LogP contribution < -0.4 is 5.73 Å². The Morgan fingerprint density at radius 1 is 1.29 bits per heavy atom. The molecule has 0 radical (unpaired) electrons. The summed E-state index contributed by atoms with van der Waals surface area (Å²) in [5.41, 5.74) is 6.19. The molecule has 0 spiro atoms. The zero-order chi connectivity index (χ0) is 12.7. The Bertz CT molecular complexity index is 222. The normalized spacial score (nSPS) is 21.6. The first-order valence-corrected chi connectivity index (χ1v) is 7.01. The molecule has 1 aliphatic carbocycles. The monoisotopic (exact) mass is 241 g/mol. The van der Waals surface area contributed by atoms with E-state index in [0.717, 1.165) is 6.42 Å². The molecule has 2 N–H and O–H groups in total. The van der Waals surface area contributed by atoms with E-state index < -0.39 is 0 Å². The molecular weight excluding hydrogens is 214 g/mol. The number of rotatable bonds is 5. The van der Waals surface area contributed by atoms with Gasteiger partial charge in [0.25, 0.3) is 0 Å². The van der Waals surface area contributed by atoms with Gasteiger partial charge < -0.3 is 10.5 Å². The van der Waals surface area contributed by atoms with Crippen molar-refractivity contribution in [3.8, 4) is 0 Å². The Morgan fingerprint density at radius 3 is 2.35 bits per heavy atom. The molecule has 0 heterocycles. The molecular formula is C14H27NO2. The van der Waals surface area contributed by atoms with Gasteiger partial charge >= 0.3 is 5.97 Å². The van der Waals surface area contributed by atoms with Crippen LogP contribution in [0.15, 0.2) is 0 Å². The molecule has 0 bridgehead atoms. The van der Waals surface area contributed by atoms with E-state index in [4.69, 9.17) is 10.5 Å². The van der Waals surface area contributed by atoms with Crippen LogP contribution in [-0.4, -0.2) is 19.1 Å². The fraction of sp³-hybridized carbons (Fsp3) is 0.929. The van der Waals surface area contributed by atoms with Crippen LogP contribution >= 0.6 is 0 Å². The highest BCUT2D eigenvalue weighted by Crippen LogP contribution is 2.33. The molecule has 1 saturated carbocycles. The molecule has 3 nitrogen and oxygen atoms in total. The lowest BCUT2D eigenvalue weighted by molar-refractivity contribution is -0.142. The maximum Gasteiger partial charge on any atom is 0.305 e. The van der Waals surface area contributed by atoms with Crippen LogP contribution in [0.25, 0.3) is 0 Å². The number of hydrogen-bond acceptors (Lipinski definition) is 3. The van der Waals surface area contributed by atoms with E-state index in [0.29, 0.717) is 18.3 Å². The molecule has 2 unspecified atom stereocenters. The first-order valence-electron chi connectivity index (χ1n) is 7.01. The molecule has 1 rings (SSSR count). The fourth-order valence-corrected chi connectivity index (χ4v) is 2.99. The van der Waals surface area contributed by atoms with Crippen LogP contribution in [0.5, 0.6) is 0 Å². The largest absolute Gasteiger partial charge is 0.469 e. The standard InChI is InChI=1S/C14H27NO2/c1-3-13(15)12(10-14(16)17-2)11-8-6-4-5-7-9-11/h11-13H,3-10,15H2,1-2H3. The van der Waals surface area contributed by atoms with Crippen LogP contribution in [0.1, 0.15) is 58.3 Å². The minimum atomic E-state index is -0.108. The van der Waals surface area contributed by atoms with E-state index in [1.54, 1.807) is 0 Å². The quantitative estimate of drug-likeness (QED) is 0.595. The minimum Gasteiger partial charge on any atom is -0.469 e. The fourth-order valence-electron chi connectivity index (χ4n) is 2.99. The van der Waals surface area contributed by atoms with E-state index in [1.807, 2.05) is 0 Å². The number of hydrogen-bond donors (Lipinski definition) is 1. The maximum absolute atomic E-state index is 11.5. The molecule has 0 amide bonds. The second-order valence-electron chi connectivity index (χ2n) is 5.27. The van der Waals surface area contributed by atoms with Crippen molar-refractivity contribution in [2.75, 3.05) is 7.11 Å². The zero-order valence-electron chi connectivity index (χ0n) is 11.3. The van der Waals surface area contributed by atoms with Crippen molar-refractivity contribution in [3.05, 3.63) is 0 Å². The first-order chi connectivity index (χ1) is 8.19. The molecule has 1 aliphatic rings. The predicted molar refractivity (Wildman–Crippen MR) is 69.6 cm³/mol. The number of esters is 1. The van der Waals surface area contributed by atoms with Gasteiger partial charge in [-0.2, -0.15) is 0 Å². The van der Waals surface area contributed by atoms with Crippen LogP contribution in [0.2, 0.25) is 0 Å². The molecule has 17 heavy (non-hydrogen) atoms. The summed E-state index contributed by atoms with van der Waals surface area (Å²) in [4.78, 5) is 11.5. The van der Waals surface area contributed by atoms with E-state index in [9.17, 15) is 4.79 Å². The van der Waals surface area contributed by atoms with Gasteiger partial charge in [-0.05, 0) is 18.3 Å². The summed E-state index contributed by atoms with van der Waals surface area (Å²) in [6, 6.07) is 0.136. The third-order valence-corrected chi connectivity index (χ3v) is 4.16. The van der Waals surface area contributed by atoms with Gasteiger partial charge in [-0.3, -0.25) is 4.79 Å². The summed E-state index contributed by atoms with van der Waals surface area (Å²) < 4.78 is 4.80. The first kappa shape index (κ1) is 14.5. The zero-order valence-corrected chi connectivity index (χ0v) is 11.3. The Kier molecular flexibility index (Phi) is 6.56. The van der Waals surface area contributed by atoms with Gasteiger partial charge in [-0.1, -0.05) is 45.4 Å². The Morgan fingerprint density at radius 2 is 1.88 bits per heavy atom. The van der Waals surface area contributed by atoms with Gasteiger partial charge in [0.2, 0.25) is 0 Å². The molecule has 0 aromatic carbocycles. The lowest BCUT2D eigenvalue weighted by atomic mass is 9.78. The van der Waals surface area contributed by atoms with Crippen molar-refractivity contribution in [1.29, 1.82) is 0 Å². The highest BCUT2D eigenvalue weighted by Gasteiger charge is 2.29. The van der Waals surface area contributed by atoms with E-state index in [1.165, 1.54) is 45.6 Å². The molecule has 0 saturated heterocycles. The molecule has 0 aromatic rings. The molecule has 0 aliphatic heterocycles. The second-order valence-corrected chi connectivity index (χ2v) is 5.27. The highest BCUT2D eigenvalue weighted by atomic mass is 16.5. The van der Waals surface area contributed by atoms with E-state index in [2.05, 4.69) is 6.92 Å². The maximum atomic E-state index is 11.5. The average Bonchev–Trinajstić information content (AvgIpc) is 2.63. The second kappa shape index (κ2) is 7.70. The summed E-state index contributed by atoms with van der Waals surface area (Å²) in [5, 5.41) is 0. The third-order valence-electron chi connectivity index (χ3n) is 4.16. The topological polar surface area (TPSA) is 52.3 Å². The van der Waals surface area contributed by atoms with Crippen molar-refractivity contribution in [1.82, 2.24) is 0 Å². The highest BCUT2D eigenvalue weighted by molar-refractivity contribution is 5.69. The van der Waals surface area contributed by atoms with Crippen molar-refractivity contribution in [2.24, 2.45) is 17.6 Å². The number of carbonyl (C=O) groups is 1. The third kappa shape index (κ3) is 4.66. The van der Waals surface area contributed by atoms with Crippen LogP contribution in [-0.2, 0) is 9.53 Å². The van der Waals surface area contributed by atoms with E-state index in [-0.39, 0.29) is 12.0 Å². The smallest absolute Gasteiger partial charge is 0.305 e. The lowest BCUT2D eigenvalue weighted by Crippen LogP contribution is -2.36. The minimum absolute atomic E-state index is 0.108. The summed E-state index contributed by atoms with van der Waals surface area (Å²) in [5.74, 6) is 0.820.